The van der Waals surface area contributed by atoms with Crippen molar-refractivity contribution >= 4 is 38.1 Å². The smallest absolute Gasteiger partial charge is 0.243 e. The van der Waals surface area contributed by atoms with Crippen LogP contribution in [0.3, 0.4) is 0 Å². The highest BCUT2D eigenvalue weighted by Crippen LogP contribution is 2.31. The predicted octanol–water partition coefficient (Wildman–Crippen LogP) is 4.59. The molecule has 1 aliphatic rings. The molecule has 0 spiro atoms. The molecule has 8 heteroatoms. The van der Waals surface area contributed by atoms with Crippen molar-refractivity contribution in [3.8, 4) is 11.3 Å². The molecule has 1 aliphatic heterocycles. The molecule has 0 N–H and O–H groups in total. The van der Waals surface area contributed by atoms with Gasteiger partial charge in [-0.25, -0.2) is 13.4 Å². The lowest BCUT2D eigenvalue weighted by Crippen LogP contribution is -2.48. The molecule has 5 nitrogen and oxygen atoms in total. The van der Waals surface area contributed by atoms with Crippen LogP contribution in [0.15, 0.2) is 52.7 Å². The van der Waals surface area contributed by atoms with Gasteiger partial charge in [0.2, 0.25) is 10.0 Å². The monoisotopic (exact) mass is 447 g/mol. The Kier molecular flexibility index (Phi) is 5.66. The SMILES string of the molecule is Cc1ccc(C)c(-c2csc(N3CCN(S(=O)(=O)c4cccc(Cl)c4)CC3)n2)c1. The number of benzene rings is 2. The summed E-state index contributed by atoms with van der Waals surface area (Å²) in [5.74, 6) is 0. The largest absolute Gasteiger partial charge is 0.345 e. The highest BCUT2D eigenvalue weighted by molar-refractivity contribution is 7.89. The van der Waals surface area contributed by atoms with Crippen molar-refractivity contribution in [3.05, 3.63) is 64.0 Å². The van der Waals surface area contributed by atoms with Crippen LogP contribution in [-0.2, 0) is 10.0 Å². The van der Waals surface area contributed by atoms with Gasteiger partial charge in [-0.05, 0) is 43.7 Å². The van der Waals surface area contributed by atoms with Crippen LogP contribution < -0.4 is 4.90 Å². The van der Waals surface area contributed by atoms with Gasteiger partial charge < -0.3 is 4.90 Å². The third-order valence-corrected chi connectivity index (χ3v) is 8.14. The normalized spacial score (nSPS) is 15.6. The minimum absolute atomic E-state index is 0.241. The summed E-state index contributed by atoms with van der Waals surface area (Å²) >= 11 is 7.57. The lowest BCUT2D eigenvalue weighted by molar-refractivity contribution is 0.385. The zero-order valence-corrected chi connectivity index (χ0v) is 18.7. The van der Waals surface area contributed by atoms with E-state index in [4.69, 9.17) is 16.6 Å². The van der Waals surface area contributed by atoms with Crippen LogP contribution in [0.25, 0.3) is 11.3 Å². The number of hydrogen-bond donors (Lipinski definition) is 0. The van der Waals surface area contributed by atoms with Crippen molar-refractivity contribution in [2.24, 2.45) is 0 Å². The highest BCUT2D eigenvalue weighted by atomic mass is 35.5. The fraction of sp³-hybridized carbons (Fsp3) is 0.286. The Hall–Kier alpha value is -1.93. The topological polar surface area (TPSA) is 53.5 Å². The molecule has 1 aromatic heterocycles. The molecule has 4 rings (SSSR count). The van der Waals surface area contributed by atoms with Gasteiger partial charge in [0.1, 0.15) is 0 Å². The second-order valence-corrected chi connectivity index (χ2v) is 10.4. The molecule has 1 saturated heterocycles. The van der Waals surface area contributed by atoms with E-state index in [0.717, 1.165) is 16.4 Å². The average molecular weight is 448 g/mol. The number of halogens is 1. The second kappa shape index (κ2) is 8.07. The Balaban J connectivity index is 1.48. The summed E-state index contributed by atoms with van der Waals surface area (Å²) in [7, 11) is -3.53. The lowest BCUT2D eigenvalue weighted by Gasteiger charge is -2.33. The second-order valence-electron chi connectivity index (χ2n) is 7.18. The minimum atomic E-state index is -3.53. The molecule has 0 unspecified atom stereocenters. The summed E-state index contributed by atoms with van der Waals surface area (Å²) in [6, 6.07) is 12.8. The van der Waals surface area contributed by atoms with E-state index >= 15 is 0 Å². The first kappa shape index (κ1) is 20.3. The molecule has 0 atom stereocenters. The zero-order chi connectivity index (χ0) is 20.6. The molecule has 0 aliphatic carbocycles. The Morgan fingerprint density at radius 1 is 1.03 bits per heavy atom. The third-order valence-electron chi connectivity index (χ3n) is 5.10. The molecule has 0 saturated carbocycles. The fourth-order valence-electron chi connectivity index (χ4n) is 3.44. The lowest BCUT2D eigenvalue weighted by atomic mass is 10.0. The molecule has 152 valence electrons. The van der Waals surface area contributed by atoms with E-state index < -0.39 is 10.0 Å². The van der Waals surface area contributed by atoms with Crippen molar-refractivity contribution in [3.63, 3.8) is 0 Å². The molecule has 0 amide bonds. The summed E-state index contributed by atoms with van der Waals surface area (Å²) in [5.41, 5.74) is 4.53. The van der Waals surface area contributed by atoms with Gasteiger partial charge in [-0.3, -0.25) is 0 Å². The number of rotatable bonds is 4. The average Bonchev–Trinajstić information content (AvgIpc) is 3.20. The third kappa shape index (κ3) is 4.19. The van der Waals surface area contributed by atoms with Crippen LogP contribution in [0.5, 0.6) is 0 Å². The summed E-state index contributed by atoms with van der Waals surface area (Å²) in [6.45, 7) is 6.24. The van der Waals surface area contributed by atoms with Crippen molar-refractivity contribution in [1.29, 1.82) is 0 Å². The van der Waals surface area contributed by atoms with E-state index in [1.165, 1.54) is 21.5 Å². The molecule has 1 fully saturated rings. The molecular weight excluding hydrogens is 426 g/mol. The maximum Gasteiger partial charge on any atom is 0.243 e. The van der Waals surface area contributed by atoms with E-state index in [1.807, 2.05) is 0 Å². The zero-order valence-electron chi connectivity index (χ0n) is 16.3. The Labute approximate surface area is 180 Å². The van der Waals surface area contributed by atoms with Gasteiger partial charge in [-0.15, -0.1) is 11.3 Å². The number of thiazole rings is 1. The number of sulfonamides is 1. The molecule has 0 bridgehead atoms. The molecule has 0 radical (unpaired) electrons. The van der Waals surface area contributed by atoms with Crippen LogP contribution in [0.4, 0.5) is 5.13 Å². The summed E-state index contributed by atoms with van der Waals surface area (Å²) in [4.78, 5) is 7.22. The van der Waals surface area contributed by atoms with Crippen LogP contribution in [0.1, 0.15) is 11.1 Å². The van der Waals surface area contributed by atoms with Crippen molar-refractivity contribution in [1.82, 2.24) is 9.29 Å². The first-order valence-electron chi connectivity index (χ1n) is 9.38. The fourth-order valence-corrected chi connectivity index (χ4v) is 6.04. The van der Waals surface area contributed by atoms with E-state index in [2.05, 4.69) is 42.3 Å². The van der Waals surface area contributed by atoms with Crippen LogP contribution in [0.2, 0.25) is 5.02 Å². The Morgan fingerprint density at radius 2 is 1.79 bits per heavy atom. The van der Waals surface area contributed by atoms with Gasteiger partial charge in [-0.2, -0.15) is 4.31 Å². The van der Waals surface area contributed by atoms with Gasteiger partial charge in [-0.1, -0.05) is 35.4 Å². The predicted molar refractivity (Wildman–Crippen MR) is 119 cm³/mol. The van der Waals surface area contributed by atoms with E-state index in [1.54, 1.807) is 29.5 Å². The number of aromatic nitrogens is 1. The molecule has 2 aromatic carbocycles. The number of hydrogen-bond acceptors (Lipinski definition) is 5. The highest BCUT2D eigenvalue weighted by Gasteiger charge is 2.29. The van der Waals surface area contributed by atoms with Gasteiger partial charge in [0.15, 0.2) is 5.13 Å². The van der Waals surface area contributed by atoms with Crippen LogP contribution in [-0.4, -0.2) is 43.9 Å². The molecular formula is C21H22ClN3O2S2. The number of anilines is 1. The van der Waals surface area contributed by atoms with Gasteiger partial charge >= 0.3 is 0 Å². The van der Waals surface area contributed by atoms with Gasteiger partial charge in [0, 0.05) is 42.1 Å². The van der Waals surface area contributed by atoms with Gasteiger partial charge in [0.05, 0.1) is 10.6 Å². The van der Waals surface area contributed by atoms with Crippen LogP contribution >= 0.6 is 22.9 Å². The van der Waals surface area contributed by atoms with E-state index in [9.17, 15) is 8.42 Å². The first-order chi connectivity index (χ1) is 13.8. The Morgan fingerprint density at radius 3 is 2.52 bits per heavy atom. The summed E-state index contributed by atoms with van der Waals surface area (Å²) < 4.78 is 27.3. The summed E-state index contributed by atoms with van der Waals surface area (Å²) in [6.07, 6.45) is 0. The van der Waals surface area contributed by atoms with Crippen LogP contribution in [0, 0.1) is 13.8 Å². The molecule has 3 aromatic rings. The number of nitrogens with zero attached hydrogens (tertiary/aromatic N) is 3. The first-order valence-corrected chi connectivity index (χ1v) is 12.1. The number of piperazine rings is 1. The van der Waals surface area contributed by atoms with Crippen molar-refractivity contribution in [2.75, 3.05) is 31.1 Å². The molecule has 29 heavy (non-hydrogen) atoms. The van der Waals surface area contributed by atoms with Gasteiger partial charge in [0.25, 0.3) is 0 Å². The number of aryl methyl sites for hydroxylation is 2. The molecule has 2 heterocycles. The standard InChI is InChI=1S/C21H22ClN3O2S2/c1-15-6-7-16(2)19(12-15)20-14-28-21(23-20)24-8-10-25(11-9-24)29(26,27)18-5-3-4-17(22)13-18/h3-7,12-14H,8-11H2,1-2H3. The Bertz CT molecular complexity index is 1140. The van der Waals surface area contributed by atoms with Crippen molar-refractivity contribution in [2.45, 2.75) is 18.7 Å². The maximum atomic E-state index is 12.9. The minimum Gasteiger partial charge on any atom is -0.345 e. The van der Waals surface area contributed by atoms with Crippen molar-refractivity contribution < 1.29 is 8.42 Å². The quantitative estimate of drug-likeness (QED) is 0.586. The summed E-state index contributed by atoms with van der Waals surface area (Å²) in [5, 5.41) is 3.43. The van der Waals surface area contributed by atoms with E-state index in [0.29, 0.717) is 31.2 Å². The maximum absolute atomic E-state index is 12.9. The van der Waals surface area contributed by atoms with E-state index in [-0.39, 0.29) is 4.90 Å².